The van der Waals surface area contributed by atoms with Crippen molar-refractivity contribution in [3.63, 3.8) is 0 Å². The number of hydrogen-bond acceptors (Lipinski definition) is 2. The minimum Gasteiger partial charge on any atom is -0.413 e. The lowest BCUT2D eigenvalue weighted by molar-refractivity contribution is 0.189. The average molecular weight is 310 g/mol. The Morgan fingerprint density at radius 2 is 2.10 bits per heavy atom. The molecule has 1 unspecified atom stereocenters. The molecule has 0 amide bonds. The molecule has 1 aromatic carbocycles. The maximum atomic E-state index is 13.7. The molecule has 1 aromatic heterocycles. The van der Waals surface area contributed by atoms with Gasteiger partial charge in [-0.1, -0.05) is 6.07 Å². The van der Waals surface area contributed by atoms with Gasteiger partial charge in [0.25, 0.3) is 0 Å². The van der Waals surface area contributed by atoms with Crippen molar-refractivity contribution in [2.24, 2.45) is 0 Å². The Hall–Kier alpha value is -1.53. The van der Waals surface area contributed by atoms with E-state index in [0.717, 1.165) is 6.07 Å². The maximum absolute atomic E-state index is 13.7. The molecule has 21 heavy (non-hydrogen) atoms. The van der Waals surface area contributed by atoms with Gasteiger partial charge < -0.3 is 8.99 Å². The summed E-state index contributed by atoms with van der Waals surface area (Å²) < 4.78 is 34.8. The summed E-state index contributed by atoms with van der Waals surface area (Å²) in [5.74, 6) is -1.05. The van der Waals surface area contributed by atoms with Crippen LogP contribution < -0.4 is 0 Å². The summed E-state index contributed by atoms with van der Waals surface area (Å²) in [6.45, 7) is 6.79. The molecule has 1 heterocycles. The lowest BCUT2D eigenvalue weighted by Gasteiger charge is -2.28. The molecule has 0 saturated heterocycles. The summed E-state index contributed by atoms with van der Waals surface area (Å²) in [6.07, 6.45) is 5.37. The second kappa shape index (κ2) is 6.49. The van der Waals surface area contributed by atoms with Crippen molar-refractivity contribution in [1.29, 1.82) is 0 Å². The van der Waals surface area contributed by atoms with Gasteiger partial charge in [0.2, 0.25) is 0 Å². The van der Waals surface area contributed by atoms with Crippen LogP contribution in [-0.4, -0.2) is 24.0 Å². The predicted molar refractivity (Wildman–Crippen MR) is 80.3 cm³/mol. The van der Waals surface area contributed by atoms with E-state index < -0.39 is 20.0 Å². The lowest BCUT2D eigenvalue weighted by atomic mass is 10.2. The molecule has 3 nitrogen and oxygen atoms in total. The Kier molecular flexibility index (Phi) is 4.90. The highest BCUT2D eigenvalue weighted by Gasteiger charge is 2.27. The minimum atomic E-state index is -2.09. The molecule has 0 radical (unpaired) electrons. The zero-order valence-electron chi connectivity index (χ0n) is 12.5. The highest BCUT2D eigenvalue weighted by molar-refractivity contribution is 6.70. The molecule has 2 aromatic rings. The Labute approximate surface area is 124 Å². The summed E-state index contributed by atoms with van der Waals surface area (Å²) in [5, 5.41) is 0. The van der Waals surface area contributed by atoms with Crippen LogP contribution in [0.1, 0.15) is 12.5 Å². The second-order valence-corrected chi connectivity index (χ2v) is 9.97. The molecule has 0 fully saturated rings. The van der Waals surface area contributed by atoms with Crippen molar-refractivity contribution < 1.29 is 13.2 Å². The van der Waals surface area contributed by atoms with E-state index >= 15 is 0 Å². The summed E-state index contributed by atoms with van der Waals surface area (Å²) in [4.78, 5) is 3.99. The Bertz CT molecular complexity index is 587. The highest BCUT2D eigenvalue weighted by Crippen LogP contribution is 2.19. The first kappa shape index (κ1) is 15.8. The minimum absolute atomic E-state index is 0.0179. The molecule has 2 rings (SSSR count). The van der Waals surface area contributed by atoms with Crippen LogP contribution in [0.5, 0.6) is 0 Å². The summed E-state index contributed by atoms with van der Waals surface area (Å²) >= 11 is 0. The molecule has 0 N–H and O–H groups in total. The summed E-state index contributed by atoms with van der Waals surface area (Å²) in [6, 6.07) is 4.24. The lowest BCUT2D eigenvalue weighted by Crippen LogP contribution is -2.39. The van der Waals surface area contributed by atoms with Crippen LogP contribution in [0, 0.1) is 11.6 Å². The number of rotatable bonds is 6. The number of halogens is 2. The molecular formula is C15H20F2N2OSi. The van der Waals surface area contributed by atoms with E-state index in [1.807, 2.05) is 30.8 Å². The molecule has 0 spiro atoms. The van der Waals surface area contributed by atoms with E-state index in [0.29, 0.717) is 18.2 Å². The Morgan fingerprint density at radius 1 is 1.33 bits per heavy atom. The number of nitrogens with zero attached hydrogens (tertiary/aromatic N) is 2. The van der Waals surface area contributed by atoms with Gasteiger partial charge in [0.1, 0.15) is 11.6 Å². The first-order chi connectivity index (χ1) is 9.85. The molecule has 0 bridgehead atoms. The maximum Gasteiger partial charge on any atom is 0.191 e. The third-order valence-electron chi connectivity index (χ3n) is 3.18. The van der Waals surface area contributed by atoms with Gasteiger partial charge in [-0.3, -0.25) is 0 Å². The number of benzene rings is 1. The van der Waals surface area contributed by atoms with Crippen molar-refractivity contribution in [3.8, 4) is 0 Å². The quantitative estimate of drug-likeness (QED) is 0.763. The first-order valence-corrected chi connectivity index (χ1v) is 10.0. The molecule has 0 aliphatic carbocycles. The van der Waals surface area contributed by atoms with Gasteiger partial charge in [0, 0.05) is 25.0 Å². The van der Waals surface area contributed by atoms with Crippen molar-refractivity contribution in [3.05, 3.63) is 54.1 Å². The third kappa shape index (κ3) is 4.75. The average Bonchev–Trinajstić information content (AvgIpc) is 2.84. The molecule has 1 atom stereocenters. The van der Waals surface area contributed by atoms with E-state index in [2.05, 4.69) is 4.98 Å². The van der Waals surface area contributed by atoms with Gasteiger partial charge in [-0.2, -0.15) is 0 Å². The Morgan fingerprint density at radius 3 is 2.71 bits per heavy atom. The predicted octanol–water partition coefficient (Wildman–Crippen LogP) is 3.55. The topological polar surface area (TPSA) is 27.1 Å². The van der Waals surface area contributed by atoms with E-state index in [1.54, 1.807) is 12.5 Å². The summed E-state index contributed by atoms with van der Waals surface area (Å²) in [7, 11) is -2.09. The largest absolute Gasteiger partial charge is 0.413 e. The Balaban J connectivity index is 1.97. The van der Waals surface area contributed by atoms with Gasteiger partial charge in [0.05, 0.1) is 12.4 Å². The van der Waals surface area contributed by atoms with Crippen molar-refractivity contribution in [2.45, 2.75) is 38.7 Å². The summed E-state index contributed by atoms with van der Waals surface area (Å²) in [5.41, 5.74) is 0.517. The molecule has 0 aliphatic heterocycles. The fraction of sp³-hybridized carbons (Fsp3) is 0.400. The van der Waals surface area contributed by atoms with Gasteiger partial charge in [0.15, 0.2) is 8.32 Å². The monoisotopic (exact) mass is 310 g/mol. The standard InChI is InChI=1S/C15H20F2N2OSi/c1-12(9-19-7-6-18-11-19)20-21(2,3)10-13-4-5-14(16)8-15(13)17/h4-8,11-12H,9-10H2,1-3H3. The molecule has 114 valence electrons. The molecule has 6 heteroatoms. The second-order valence-electron chi connectivity index (χ2n) is 5.86. The van der Waals surface area contributed by atoms with Crippen LogP contribution in [0.25, 0.3) is 0 Å². The van der Waals surface area contributed by atoms with Crippen molar-refractivity contribution in [2.75, 3.05) is 0 Å². The van der Waals surface area contributed by atoms with Gasteiger partial charge in [-0.05, 0) is 37.7 Å². The number of hydrogen-bond donors (Lipinski definition) is 0. The molecular weight excluding hydrogens is 290 g/mol. The third-order valence-corrected chi connectivity index (χ3v) is 5.45. The molecule has 0 aliphatic rings. The van der Waals surface area contributed by atoms with Gasteiger partial charge >= 0.3 is 0 Å². The molecule has 0 saturated carbocycles. The fourth-order valence-electron chi connectivity index (χ4n) is 2.44. The zero-order valence-corrected chi connectivity index (χ0v) is 13.5. The van der Waals surface area contributed by atoms with E-state index in [-0.39, 0.29) is 6.10 Å². The fourth-order valence-corrected chi connectivity index (χ4v) is 4.89. The van der Waals surface area contributed by atoms with E-state index in [1.165, 1.54) is 12.1 Å². The van der Waals surface area contributed by atoms with Gasteiger partial charge in [-0.15, -0.1) is 0 Å². The highest BCUT2D eigenvalue weighted by atomic mass is 28.4. The first-order valence-electron chi connectivity index (χ1n) is 6.93. The van der Waals surface area contributed by atoms with Crippen molar-refractivity contribution >= 4 is 8.32 Å². The van der Waals surface area contributed by atoms with E-state index in [4.69, 9.17) is 4.43 Å². The van der Waals surface area contributed by atoms with Crippen LogP contribution in [0.3, 0.4) is 0 Å². The van der Waals surface area contributed by atoms with Crippen LogP contribution in [-0.2, 0) is 17.0 Å². The zero-order chi connectivity index (χ0) is 15.5. The van der Waals surface area contributed by atoms with Crippen LogP contribution in [0.4, 0.5) is 8.78 Å². The van der Waals surface area contributed by atoms with E-state index in [9.17, 15) is 8.78 Å². The smallest absolute Gasteiger partial charge is 0.191 e. The van der Waals surface area contributed by atoms with Crippen LogP contribution in [0.15, 0.2) is 36.9 Å². The van der Waals surface area contributed by atoms with Crippen LogP contribution >= 0.6 is 0 Å². The van der Waals surface area contributed by atoms with Gasteiger partial charge in [-0.25, -0.2) is 13.8 Å². The number of imidazole rings is 1. The number of aromatic nitrogens is 2. The SMILES string of the molecule is CC(Cn1ccnc1)O[Si](C)(C)Cc1ccc(F)cc1F. The van der Waals surface area contributed by atoms with Crippen molar-refractivity contribution in [1.82, 2.24) is 9.55 Å². The van der Waals surface area contributed by atoms with Crippen LogP contribution in [0.2, 0.25) is 13.1 Å². The normalized spacial score (nSPS) is 13.4.